The minimum Gasteiger partial charge on any atom is -0.493 e. The highest BCUT2D eigenvalue weighted by molar-refractivity contribution is 4.97. The Labute approximate surface area is 74.2 Å². The molecule has 2 nitrogen and oxygen atoms in total. The van der Waals surface area contributed by atoms with Gasteiger partial charge in [0.1, 0.15) is 6.10 Å². The maximum absolute atomic E-state index is 9.20. The molecule has 0 unspecified atom stereocenters. The van der Waals surface area contributed by atoms with Gasteiger partial charge in [-0.1, -0.05) is 0 Å². The van der Waals surface area contributed by atoms with Crippen LogP contribution in [0.4, 0.5) is 0 Å². The Hall–Kier alpha value is -0.500. The summed E-state index contributed by atoms with van der Waals surface area (Å²) in [7, 11) is 0. The van der Waals surface area contributed by atoms with Gasteiger partial charge in [0.15, 0.2) is 0 Å². The molecule has 70 valence electrons. The van der Waals surface area contributed by atoms with Crippen LogP contribution in [0.3, 0.4) is 0 Å². The van der Waals surface area contributed by atoms with Crippen molar-refractivity contribution in [3.8, 4) is 0 Å². The van der Waals surface area contributed by atoms with Crippen molar-refractivity contribution in [3.63, 3.8) is 0 Å². The second kappa shape index (κ2) is 4.51. The lowest BCUT2D eigenvalue weighted by Crippen LogP contribution is -2.22. The maximum atomic E-state index is 9.20. The van der Waals surface area contributed by atoms with Gasteiger partial charge in [0, 0.05) is 6.42 Å². The second-order valence-electron chi connectivity index (χ2n) is 3.48. The third-order valence-electron chi connectivity index (χ3n) is 2.27. The van der Waals surface area contributed by atoms with E-state index >= 15 is 0 Å². The lowest BCUT2D eigenvalue weighted by Gasteiger charge is -2.21. The number of ether oxygens (including phenoxy) is 1. The van der Waals surface area contributed by atoms with Crippen LogP contribution in [0.25, 0.3) is 0 Å². The molecule has 0 fully saturated rings. The second-order valence-corrected chi connectivity index (χ2v) is 3.48. The standard InChI is InChI=1S/C10H18O2/c1-8(11)9(2)12-10-6-4-3-5-7-10/h6,8-9,11H,3-5,7H2,1-2H3/t8-,9-/m1/s1. The monoisotopic (exact) mass is 170 g/mol. The molecule has 0 aromatic heterocycles. The van der Waals surface area contributed by atoms with E-state index in [4.69, 9.17) is 4.74 Å². The van der Waals surface area contributed by atoms with Crippen LogP contribution in [0.5, 0.6) is 0 Å². The van der Waals surface area contributed by atoms with Crippen LogP contribution in [0.2, 0.25) is 0 Å². The van der Waals surface area contributed by atoms with Crippen molar-refractivity contribution in [2.24, 2.45) is 0 Å². The zero-order valence-electron chi connectivity index (χ0n) is 7.92. The minimum atomic E-state index is -0.382. The summed E-state index contributed by atoms with van der Waals surface area (Å²) in [5.74, 6) is 1.06. The number of hydrogen-bond donors (Lipinski definition) is 1. The molecule has 0 heterocycles. The quantitative estimate of drug-likeness (QED) is 0.703. The minimum absolute atomic E-state index is 0.0747. The molecule has 0 aliphatic heterocycles. The van der Waals surface area contributed by atoms with E-state index in [1.807, 2.05) is 6.92 Å². The van der Waals surface area contributed by atoms with Crippen LogP contribution in [0, 0.1) is 0 Å². The molecule has 0 saturated heterocycles. The van der Waals surface area contributed by atoms with Gasteiger partial charge in [0.25, 0.3) is 0 Å². The van der Waals surface area contributed by atoms with Crippen LogP contribution in [0.1, 0.15) is 39.5 Å². The molecule has 0 amide bonds. The first-order valence-electron chi connectivity index (χ1n) is 4.74. The van der Waals surface area contributed by atoms with E-state index in [0.29, 0.717) is 0 Å². The molecule has 0 spiro atoms. The highest BCUT2D eigenvalue weighted by atomic mass is 16.5. The average Bonchev–Trinajstić information content (AvgIpc) is 2.06. The van der Waals surface area contributed by atoms with Gasteiger partial charge in [-0.25, -0.2) is 0 Å². The van der Waals surface area contributed by atoms with Crippen molar-refractivity contribution in [2.45, 2.75) is 51.7 Å². The fraction of sp³-hybridized carbons (Fsp3) is 0.800. The van der Waals surface area contributed by atoms with E-state index in [0.717, 1.165) is 18.6 Å². The molecule has 1 rings (SSSR count). The predicted octanol–water partition coefficient (Wildman–Crippen LogP) is 2.23. The zero-order chi connectivity index (χ0) is 8.97. The molecule has 0 aromatic rings. The first-order valence-corrected chi connectivity index (χ1v) is 4.74. The van der Waals surface area contributed by atoms with Gasteiger partial charge in [-0.3, -0.25) is 0 Å². The third kappa shape index (κ3) is 2.86. The van der Waals surface area contributed by atoms with E-state index in [2.05, 4.69) is 6.08 Å². The van der Waals surface area contributed by atoms with Crippen molar-refractivity contribution in [1.82, 2.24) is 0 Å². The number of aliphatic hydroxyl groups is 1. The topological polar surface area (TPSA) is 29.5 Å². The van der Waals surface area contributed by atoms with Crippen LogP contribution in [0.15, 0.2) is 11.8 Å². The molecule has 2 heteroatoms. The summed E-state index contributed by atoms with van der Waals surface area (Å²) in [6.07, 6.45) is 6.34. The van der Waals surface area contributed by atoms with Crippen molar-refractivity contribution in [3.05, 3.63) is 11.8 Å². The van der Waals surface area contributed by atoms with Gasteiger partial charge in [0.2, 0.25) is 0 Å². The Bertz CT molecular complexity index is 161. The van der Waals surface area contributed by atoms with E-state index < -0.39 is 0 Å². The van der Waals surface area contributed by atoms with Crippen molar-refractivity contribution < 1.29 is 9.84 Å². The third-order valence-corrected chi connectivity index (χ3v) is 2.27. The van der Waals surface area contributed by atoms with Crippen molar-refractivity contribution >= 4 is 0 Å². The van der Waals surface area contributed by atoms with E-state index in [1.165, 1.54) is 12.8 Å². The highest BCUT2D eigenvalue weighted by Gasteiger charge is 2.12. The molecule has 0 saturated carbocycles. The number of hydrogen-bond acceptors (Lipinski definition) is 2. The summed E-state index contributed by atoms with van der Waals surface area (Å²) in [5, 5.41) is 9.20. The van der Waals surface area contributed by atoms with Gasteiger partial charge in [0.05, 0.1) is 11.9 Å². The van der Waals surface area contributed by atoms with Gasteiger partial charge in [-0.05, 0) is 39.2 Å². The maximum Gasteiger partial charge on any atom is 0.121 e. The normalized spacial score (nSPS) is 22.8. The zero-order valence-corrected chi connectivity index (χ0v) is 7.92. The smallest absolute Gasteiger partial charge is 0.121 e. The average molecular weight is 170 g/mol. The molecule has 1 aliphatic carbocycles. The summed E-state index contributed by atoms with van der Waals surface area (Å²) in [6, 6.07) is 0. The van der Waals surface area contributed by atoms with Crippen LogP contribution in [-0.2, 0) is 4.74 Å². The Morgan fingerprint density at radius 1 is 1.42 bits per heavy atom. The van der Waals surface area contributed by atoms with E-state index in [1.54, 1.807) is 6.92 Å². The molecule has 1 aliphatic rings. The van der Waals surface area contributed by atoms with Crippen LogP contribution in [-0.4, -0.2) is 17.3 Å². The van der Waals surface area contributed by atoms with E-state index in [9.17, 15) is 5.11 Å². The van der Waals surface area contributed by atoms with E-state index in [-0.39, 0.29) is 12.2 Å². The summed E-state index contributed by atoms with van der Waals surface area (Å²) in [5.41, 5.74) is 0. The molecule has 1 N–H and O–H groups in total. The summed E-state index contributed by atoms with van der Waals surface area (Å²) < 4.78 is 5.56. The highest BCUT2D eigenvalue weighted by Crippen LogP contribution is 2.20. The fourth-order valence-corrected chi connectivity index (χ4v) is 1.25. The number of allylic oxidation sites excluding steroid dienone is 2. The molecular weight excluding hydrogens is 152 g/mol. The molecule has 2 atom stereocenters. The van der Waals surface area contributed by atoms with Gasteiger partial charge in [-0.2, -0.15) is 0 Å². The largest absolute Gasteiger partial charge is 0.493 e. The molecular formula is C10H18O2. The van der Waals surface area contributed by atoms with Crippen LogP contribution < -0.4 is 0 Å². The SMILES string of the molecule is C[C@@H](O)[C@@H](C)OC1=CCCCC1. The van der Waals surface area contributed by atoms with Gasteiger partial charge >= 0.3 is 0 Å². The Balaban J connectivity index is 2.34. The van der Waals surface area contributed by atoms with Gasteiger partial charge in [-0.15, -0.1) is 0 Å². The predicted molar refractivity (Wildman–Crippen MR) is 48.8 cm³/mol. The lowest BCUT2D eigenvalue weighted by molar-refractivity contribution is 0.0131. The molecule has 0 aromatic carbocycles. The fourth-order valence-electron chi connectivity index (χ4n) is 1.25. The van der Waals surface area contributed by atoms with Crippen LogP contribution >= 0.6 is 0 Å². The first-order chi connectivity index (χ1) is 5.70. The Morgan fingerprint density at radius 3 is 2.67 bits per heavy atom. The Morgan fingerprint density at radius 2 is 2.17 bits per heavy atom. The lowest BCUT2D eigenvalue weighted by atomic mass is 10.1. The van der Waals surface area contributed by atoms with Crippen molar-refractivity contribution in [2.75, 3.05) is 0 Å². The molecule has 12 heavy (non-hydrogen) atoms. The molecule has 0 bridgehead atoms. The summed E-state index contributed by atoms with van der Waals surface area (Å²) in [4.78, 5) is 0. The number of rotatable bonds is 3. The van der Waals surface area contributed by atoms with Crippen molar-refractivity contribution in [1.29, 1.82) is 0 Å². The first kappa shape index (κ1) is 9.59. The molecule has 0 radical (unpaired) electrons. The summed E-state index contributed by atoms with van der Waals surface area (Å²) >= 11 is 0. The Kier molecular flexibility index (Phi) is 3.60. The number of aliphatic hydroxyl groups excluding tert-OH is 1. The summed E-state index contributed by atoms with van der Waals surface area (Å²) in [6.45, 7) is 3.66. The van der Waals surface area contributed by atoms with Gasteiger partial charge < -0.3 is 9.84 Å².